The standard InChI is InChI=1S/C24H32BrFN6O/c1-3-4-10-33-22-13-19(25)12-18(23(22)26)11-17(2)15-32-16-21(30-31-32)9-7-5-6-8-20-14-28-24(27)29-20/h11-14,16H,3-10,15H2,1-2H3,(H3,27,28,29)/b17-11+. The average Bonchev–Trinajstić information content (AvgIpc) is 3.39. The summed E-state index contributed by atoms with van der Waals surface area (Å²) in [5.41, 5.74) is 9.10. The number of H-pyrrole nitrogens is 1. The third kappa shape index (κ3) is 7.99. The molecule has 0 fully saturated rings. The fourth-order valence-corrected chi connectivity index (χ4v) is 3.97. The first-order chi connectivity index (χ1) is 15.9. The third-order valence-corrected chi connectivity index (χ3v) is 5.67. The van der Waals surface area contributed by atoms with E-state index in [1.54, 1.807) is 23.0 Å². The first-order valence-corrected chi connectivity index (χ1v) is 12.2. The first kappa shape index (κ1) is 25.0. The minimum absolute atomic E-state index is 0.274. The van der Waals surface area contributed by atoms with E-state index in [0.29, 0.717) is 24.7 Å². The number of hydrogen-bond acceptors (Lipinski definition) is 5. The van der Waals surface area contributed by atoms with Crippen LogP contribution in [-0.2, 0) is 19.4 Å². The van der Waals surface area contributed by atoms with Crippen molar-refractivity contribution in [2.24, 2.45) is 0 Å². The minimum Gasteiger partial charge on any atom is -0.490 e. The number of aromatic nitrogens is 5. The van der Waals surface area contributed by atoms with Crippen LogP contribution in [0.25, 0.3) is 6.08 Å². The normalized spacial score (nSPS) is 11.8. The van der Waals surface area contributed by atoms with Crippen molar-refractivity contribution in [3.63, 3.8) is 0 Å². The second kappa shape index (κ2) is 12.5. The lowest BCUT2D eigenvalue weighted by atomic mass is 10.1. The molecule has 0 aliphatic heterocycles. The maximum absolute atomic E-state index is 14.9. The van der Waals surface area contributed by atoms with Gasteiger partial charge in [0.25, 0.3) is 0 Å². The Morgan fingerprint density at radius 3 is 2.82 bits per heavy atom. The molecule has 1 aromatic carbocycles. The van der Waals surface area contributed by atoms with E-state index < -0.39 is 0 Å². The molecule has 0 saturated heterocycles. The number of aryl methyl sites for hydroxylation is 2. The molecule has 0 atom stereocenters. The fourth-order valence-electron chi connectivity index (χ4n) is 3.52. The Bertz CT molecular complexity index is 1060. The second-order valence-corrected chi connectivity index (χ2v) is 9.18. The lowest BCUT2D eigenvalue weighted by Gasteiger charge is -2.10. The Morgan fingerprint density at radius 1 is 1.24 bits per heavy atom. The molecule has 9 heteroatoms. The molecule has 0 amide bonds. The molecule has 178 valence electrons. The summed E-state index contributed by atoms with van der Waals surface area (Å²) in [4.78, 5) is 7.06. The zero-order chi connectivity index (χ0) is 23.6. The van der Waals surface area contributed by atoms with Gasteiger partial charge in [0.15, 0.2) is 17.5 Å². The molecule has 2 aromatic heterocycles. The minimum atomic E-state index is -0.342. The van der Waals surface area contributed by atoms with E-state index >= 15 is 0 Å². The van der Waals surface area contributed by atoms with E-state index in [9.17, 15) is 4.39 Å². The SMILES string of the molecule is CCCCOc1cc(Br)cc(/C=C(\C)Cn2cc(CCCCCc3cnc(N)[nH]3)nn2)c1F. The third-order valence-electron chi connectivity index (χ3n) is 5.21. The molecule has 3 rings (SSSR count). The molecule has 7 nitrogen and oxygen atoms in total. The van der Waals surface area contributed by atoms with E-state index in [1.165, 1.54) is 0 Å². The molecule has 3 aromatic rings. The van der Waals surface area contributed by atoms with E-state index in [0.717, 1.165) is 66.4 Å². The van der Waals surface area contributed by atoms with Gasteiger partial charge in [-0.2, -0.15) is 0 Å². The van der Waals surface area contributed by atoms with Crippen molar-refractivity contribution < 1.29 is 9.13 Å². The van der Waals surface area contributed by atoms with Gasteiger partial charge in [-0.3, -0.25) is 0 Å². The monoisotopic (exact) mass is 518 g/mol. The fraction of sp³-hybridized carbons (Fsp3) is 0.458. The lowest BCUT2D eigenvalue weighted by molar-refractivity contribution is 0.294. The smallest absolute Gasteiger partial charge is 0.197 e. The van der Waals surface area contributed by atoms with Crippen LogP contribution in [0.4, 0.5) is 10.3 Å². The molecule has 0 spiro atoms. The molecular formula is C24H32BrFN6O. The number of anilines is 1. The average molecular weight is 519 g/mol. The summed E-state index contributed by atoms with van der Waals surface area (Å²) in [5.74, 6) is 0.399. The summed E-state index contributed by atoms with van der Waals surface area (Å²) in [6, 6.07) is 3.43. The van der Waals surface area contributed by atoms with Crippen molar-refractivity contribution in [1.82, 2.24) is 25.0 Å². The molecule has 0 saturated carbocycles. The molecule has 0 aliphatic carbocycles. The van der Waals surface area contributed by atoms with Gasteiger partial charge in [0.1, 0.15) is 0 Å². The van der Waals surface area contributed by atoms with E-state index in [1.807, 2.05) is 19.2 Å². The number of imidazole rings is 1. The molecule has 3 N–H and O–H groups in total. The summed E-state index contributed by atoms with van der Waals surface area (Å²) in [7, 11) is 0. The number of halogens is 2. The highest BCUT2D eigenvalue weighted by Crippen LogP contribution is 2.28. The Kier molecular flexibility index (Phi) is 9.47. The van der Waals surface area contributed by atoms with Gasteiger partial charge in [-0.1, -0.05) is 52.6 Å². The predicted octanol–water partition coefficient (Wildman–Crippen LogP) is 5.72. The Hall–Kier alpha value is -2.68. The van der Waals surface area contributed by atoms with Crippen molar-refractivity contribution >= 4 is 28.0 Å². The van der Waals surface area contributed by atoms with Crippen molar-refractivity contribution in [2.45, 2.75) is 65.3 Å². The zero-order valence-corrected chi connectivity index (χ0v) is 20.9. The number of unbranched alkanes of at least 4 members (excludes halogenated alkanes) is 3. The Labute approximate surface area is 202 Å². The highest BCUT2D eigenvalue weighted by atomic mass is 79.9. The second-order valence-electron chi connectivity index (χ2n) is 8.26. The number of nitrogens with two attached hydrogens (primary N) is 1. The van der Waals surface area contributed by atoms with Crippen LogP contribution in [0.2, 0.25) is 0 Å². The van der Waals surface area contributed by atoms with Crippen LogP contribution >= 0.6 is 15.9 Å². The number of aromatic amines is 1. The Morgan fingerprint density at radius 2 is 2.06 bits per heavy atom. The molecule has 0 radical (unpaired) electrons. The number of benzene rings is 1. The highest BCUT2D eigenvalue weighted by Gasteiger charge is 2.11. The van der Waals surface area contributed by atoms with Gasteiger partial charge in [-0.15, -0.1) is 5.10 Å². The maximum Gasteiger partial charge on any atom is 0.197 e. The van der Waals surface area contributed by atoms with Gasteiger partial charge in [0.2, 0.25) is 0 Å². The molecule has 0 unspecified atom stereocenters. The number of nitrogens with zero attached hydrogens (tertiary/aromatic N) is 4. The quantitative estimate of drug-likeness (QED) is 0.282. The van der Waals surface area contributed by atoms with Gasteiger partial charge in [0.05, 0.1) is 25.0 Å². The molecule has 2 heterocycles. The summed E-state index contributed by atoms with van der Waals surface area (Å²) < 4.78 is 23.0. The number of rotatable bonds is 13. The maximum atomic E-state index is 14.9. The van der Waals surface area contributed by atoms with Crippen molar-refractivity contribution in [2.75, 3.05) is 12.3 Å². The van der Waals surface area contributed by atoms with Gasteiger partial charge in [-0.25, -0.2) is 14.1 Å². The summed E-state index contributed by atoms with van der Waals surface area (Å²) in [6.45, 7) is 5.09. The lowest BCUT2D eigenvalue weighted by Crippen LogP contribution is -2.02. The zero-order valence-electron chi connectivity index (χ0n) is 19.3. The van der Waals surface area contributed by atoms with E-state index in [-0.39, 0.29) is 11.6 Å². The van der Waals surface area contributed by atoms with Gasteiger partial charge in [0, 0.05) is 21.9 Å². The van der Waals surface area contributed by atoms with Crippen LogP contribution in [-0.4, -0.2) is 31.6 Å². The highest BCUT2D eigenvalue weighted by molar-refractivity contribution is 9.10. The largest absolute Gasteiger partial charge is 0.490 e. The van der Waals surface area contributed by atoms with Gasteiger partial charge >= 0.3 is 0 Å². The van der Waals surface area contributed by atoms with E-state index in [2.05, 4.69) is 43.1 Å². The van der Waals surface area contributed by atoms with Crippen LogP contribution in [0.3, 0.4) is 0 Å². The van der Waals surface area contributed by atoms with Crippen LogP contribution < -0.4 is 10.5 Å². The Balaban J connectivity index is 1.49. The van der Waals surface area contributed by atoms with Crippen LogP contribution in [0.5, 0.6) is 5.75 Å². The van der Waals surface area contributed by atoms with Crippen LogP contribution in [0.15, 0.2) is 34.6 Å². The van der Waals surface area contributed by atoms with Crippen molar-refractivity contribution in [3.05, 3.63) is 57.3 Å². The van der Waals surface area contributed by atoms with Crippen LogP contribution in [0, 0.1) is 5.82 Å². The predicted molar refractivity (Wildman–Crippen MR) is 132 cm³/mol. The van der Waals surface area contributed by atoms with E-state index in [4.69, 9.17) is 10.5 Å². The number of allylic oxidation sites excluding steroid dienone is 1. The summed E-state index contributed by atoms with van der Waals surface area (Å²) in [6.07, 6.45) is 12.5. The molecular weight excluding hydrogens is 487 g/mol. The van der Waals surface area contributed by atoms with Crippen LogP contribution in [0.1, 0.15) is 62.9 Å². The number of nitrogen functional groups attached to an aromatic ring is 1. The summed E-state index contributed by atoms with van der Waals surface area (Å²) >= 11 is 3.45. The van der Waals surface area contributed by atoms with Gasteiger partial charge < -0.3 is 15.5 Å². The number of ether oxygens (including phenoxy) is 1. The first-order valence-electron chi connectivity index (χ1n) is 11.4. The van der Waals surface area contributed by atoms with Crippen molar-refractivity contribution in [1.29, 1.82) is 0 Å². The topological polar surface area (TPSA) is 94.6 Å². The summed E-state index contributed by atoms with van der Waals surface area (Å²) in [5, 5.41) is 8.50. The van der Waals surface area contributed by atoms with Crippen molar-refractivity contribution in [3.8, 4) is 5.75 Å². The molecule has 0 aliphatic rings. The molecule has 33 heavy (non-hydrogen) atoms. The molecule has 0 bridgehead atoms. The number of hydrogen-bond donors (Lipinski definition) is 2. The van der Waals surface area contributed by atoms with Gasteiger partial charge in [-0.05, 0) is 51.2 Å². The number of nitrogens with one attached hydrogen (secondary N) is 1.